The smallest absolute Gasteiger partial charge is 0.318 e. The predicted octanol–water partition coefficient (Wildman–Crippen LogP) is 1.86. The van der Waals surface area contributed by atoms with Crippen molar-refractivity contribution >= 4 is 23.7 Å². The summed E-state index contributed by atoms with van der Waals surface area (Å²) in [6, 6.07) is 7.04. The molecule has 110 valence electrons. The minimum Gasteiger partial charge on any atom is -0.351 e. The minimum atomic E-state index is -0.852. The second kappa shape index (κ2) is 6.45. The van der Waals surface area contributed by atoms with Crippen LogP contribution >= 0.6 is 11.8 Å². The number of imide groups is 1. The highest BCUT2D eigenvalue weighted by Gasteiger charge is 2.19. The molecule has 1 aromatic carbocycles. The number of rotatable bonds is 4. The van der Waals surface area contributed by atoms with Crippen LogP contribution in [0.1, 0.15) is 12.5 Å². The van der Waals surface area contributed by atoms with E-state index in [0.717, 1.165) is 11.3 Å². The number of nitrogens with two attached hydrogens (primary N) is 1. The molecule has 7 heteroatoms. The molecule has 0 saturated carbocycles. The van der Waals surface area contributed by atoms with Crippen molar-refractivity contribution in [3.63, 3.8) is 0 Å². The van der Waals surface area contributed by atoms with E-state index in [1.165, 1.54) is 11.8 Å². The van der Waals surface area contributed by atoms with Crippen molar-refractivity contribution < 1.29 is 9.59 Å². The molecule has 21 heavy (non-hydrogen) atoms. The number of hydrogen-bond acceptors (Lipinski definition) is 4. The van der Waals surface area contributed by atoms with Gasteiger partial charge in [-0.15, -0.1) is 0 Å². The van der Waals surface area contributed by atoms with Crippen molar-refractivity contribution in [2.24, 2.45) is 5.73 Å². The quantitative estimate of drug-likeness (QED) is 0.844. The molecule has 0 saturated heterocycles. The molecule has 0 aliphatic rings. The molecule has 3 amide bonds. The molecule has 0 spiro atoms. The van der Waals surface area contributed by atoms with Gasteiger partial charge in [-0.1, -0.05) is 30.0 Å². The van der Waals surface area contributed by atoms with Crippen LogP contribution in [0.15, 0.2) is 41.8 Å². The first kappa shape index (κ1) is 15.1. The molecule has 0 fully saturated rings. The van der Waals surface area contributed by atoms with Crippen LogP contribution in [0.4, 0.5) is 4.79 Å². The summed E-state index contributed by atoms with van der Waals surface area (Å²) in [6.45, 7) is 3.70. The maximum Gasteiger partial charge on any atom is 0.318 e. The van der Waals surface area contributed by atoms with Crippen LogP contribution in [-0.2, 0) is 4.79 Å². The molecule has 1 heterocycles. The molecule has 2 aromatic rings. The highest BCUT2D eigenvalue weighted by molar-refractivity contribution is 8.00. The maximum atomic E-state index is 11.7. The van der Waals surface area contributed by atoms with E-state index in [1.54, 1.807) is 13.1 Å². The lowest BCUT2D eigenvalue weighted by atomic mass is 10.2. The Hall–Kier alpha value is -2.28. The normalized spacial score (nSPS) is 11.9. The first-order valence-corrected chi connectivity index (χ1v) is 7.23. The van der Waals surface area contributed by atoms with Gasteiger partial charge in [0.15, 0.2) is 5.16 Å². The number of thioether (sulfide) groups is 1. The van der Waals surface area contributed by atoms with Crippen molar-refractivity contribution in [2.75, 3.05) is 0 Å². The van der Waals surface area contributed by atoms with Crippen LogP contribution in [0.2, 0.25) is 0 Å². The Labute approximate surface area is 126 Å². The van der Waals surface area contributed by atoms with Gasteiger partial charge in [0.05, 0.1) is 10.9 Å². The van der Waals surface area contributed by atoms with Gasteiger partial charge in [0, 0.05) is 12.4 Å². The Morgan fingerprint density at radius 2 is 2.10 bits per heavy atom. The van der Waals surface area contributed by atoms with E-state index in [1.807, 2.05) is 42.0 Å². The van der Waals surface area contributed by atoms with Crippen molar-refractivity contribution in [3.8, 4) is 5.69 Å². The predicted molar refractivity (Wildman–Crippen MR) is 81.3 cm³/mol. The highest BCUT2D eigenvalue weighted by Crippen LogP contribution is 2.25. The van der Waals surface area contributed by atoms with Gasteiger partial charge < -0.3 is 5.73 Å². The average molecular weight is 304 g/mol. The molecular weight excluding hydrogens is 288 g/mol. The molecule has 0 bridgehead atoms. The summed E-state index contributed by atoms with van der Waals surface area (Å²) in [6.07, 6.45) is 3.51. The number of carbonyl (C=O) groups excluding carboxylic acids is 2. The minimum absolute atomic E-state index is 0.438. The number of carbonyl (C=O) groups is 2. The fourth-order valence-corrected chi connectivity index (χ4v) is 2.71. The molecule has 0 aliphatic carbocycles. The number of amides is 3. The van der Waals surface area contributed by atoms with Gasteiger partial charge in [-0.25, -0.2) is 9.78 Å². The largest absolute Gasteiger partial charge is 0.351 e. The Morgan fingerprint density at radius 1 is 1.38 bits per heavy atom. The van der Waals surface area contributed by atoms with Crippen LogP contribution in [0.25, 0.3) is 5.69 Å². The molecule has 0 aliphatic heterocycles. The molecular formula is C14H16N4O2S. The second-order valence-electron chi connectivity index (χ2n) is 4.48. The number of hydrogen-bond donors (Lipinski definition) is 2. The van der Waals surface area contributed by atoms with Crippen LogP contribution in [0, 0.1) is 6.92 Å². The van der Waals surface area contributed by atoms with E-state index in [4.69, 9.17) is 5.73 Å². The molecule has 1 unspecified atom stereocenters. The van der Waals surface area contributed by atoms with Gasteiger partial charge in [0.1, 0.15) is 0 Å². The number of para-hydroxylation sites is 1. The zero-order chi connectivity index (χ0) is 15.4. The van der Waals surface area contributed by atoms with E-state index in [0.29, 0.717) is 5.16 Å². The second-order valence-corrected chi connectivity index (χ2v) is 5.79. The zero-order valence-corrected chi connectivity index (χ0v) is 12.6. The summed E-state index contributed by atoms with van der Waals surface area (Å²) in [5.41, 5.74) is 7.05. The van der Waals surface area contributed by atoms with E-state index < -0.39 is 17.2 Å². The average Bonchev–Trinajstić information content (AvgIpc) is 2.86. The number of nitrogens with one attached hydrogen (secondary N) is 1. The van der Waals surface area contributed by atoms with E-state index in [9.17, 15) is 9.59 Å². The number of imidazole rings is 1. The summed E-state index contributed by atoms with van der Waals surface area (Å²) in [7, 11) is 0. The van der Waals surface area contributed by atoms with Gasteiger partial charge in [0.2, 0.25) is 5.91 Å². The lowest BCUT2D eigenvalue weighted by Gasteiger charge is -2.13. The number of benzene rings is 1. The van der Waals surface area contributed by atoms with Crippen LogP contribution in [0.3, 0.4) is 0 Å². The molecule has 1 aromatic heterocycles. The molecule has 2 rings (SSSR count). The zero-order valence-electron chi connectivity index (χ0n) is 11.7. The van der Waals surface area contributed by atoms with Crippen molar-refractivity contribution in [1.82, 2.24) is 14.9 Å². The SMILES string of the molecule is Cc1ccccc1-n1ccnc1SC(C)C(=O)NC(N)=O. The first-order valence-electron chi connectivity index (χ1n) is 6.35. The summed E-state index contributed by atoms with van der Waals surface area (Å²) < 4.78 is 1.91. The van der Waals surface area contributed by atoms with Crippen molar-refractivity contribution in [3.05, 3.63) is 42.2 Å². The van der Waals surface area contributed by atoms with E-state index in [-0.39, 0.29) is 0 Å². The fraction of sp³-hybridized carbons (Fsp3) is 0.214. The first-order chi connectivity index (χ1) is 9.99. The van der Waals surface area contributed by atoms with Gasteiger partial charge in [-0.2, -0.15) is 0 Å². The van der Waals surface area contributed by atoms with Crippen molar-refractivity contribution in [1.29, 1.82) is 0 Å². The van der Waals surface area contributed by atoms with Gasteiger partial charge in [0.25, 0.3) is 0 Å². The Morgan fingerprint density at radius 3 is 2.76 bits per heavy atom. The third-order valence-corrected chi connectivity index (χ3v) is 3.96. The Bertz CT molecular complexity index is 668. The number of aryl methyl sites for hydroxylation is 1. The lowest BCUT2D eigenvalue weighted by Crippen LogP contribution is -2.39. The fourth-order valence-electron chi connectivity index (χ4n) is 1.83. The number of urea groups is 1. The van der Waals surface area contributed by atoms with E-state index in [2.05, 4.69) is 10.3 Å². The van der Waals surface area contributed by atoms with Crippen LogP contribution < -0.4 is 11.1 Å². The van der Waals surface area contributed by atoms with Crippen LogP contribution in [0.5, 0.6) is 0 Å². The monoisotopic (exact) mass is 304 g/mol. The summed E-state index contributed by atoms with van der Waals surface area (Å²) >= 11 is 1.26. The standard InChI is InChI=1S/C14H16N4O2S/c1-9-5-3-4-6-11(9)18-8-7-16-14(18)21-10(2)12(19)17-13(15)20/h3-8,10H,1-2H3,(H3,15,17,19,20). The third kappa shape index (κ3) is 3.63. The lowest BCUT2D eigenvalue weighted by molar-refractivity contribution is -0.119. The Kier molecular flexibility index (Phi) is 4.64. The number of nitrogens with zero attached hydrogens (tertiary/aromatic N) is 2. The Balaban J connectivity index is 2.20. The van der Waals surface area contributed by atoms with E-state index >= 15 is 0 Å². The third-order valence-electron chi connectivity index (χ3n) is 2.88. The van der Waals surface area contributed by atoms with Gasteiger partial charge in [-0.3, -0.25) is 14.7 Å². The topological polar surface area (TPSA) is 90.0 Å². The van der Waals surface area contributed by atoms with Gasteiger partial charge >= 0.3 is 6.03 Å². The molecule has 3 N–H and O–H groups in total. The summed E-state index contributed by atoms with van der Waals surface area (Å²) in [5, 5.41) is 2.26. The summed E-state index contributed by atoms with van der Waals surface area (Å²) in [4.78, 5) is 26.7. The molecule has 1 atom stereocenters. The molecule has 0 radical (unpaired) electrons. The van der Waals surface area contributed by atoms with Gasteiger partial charge in [-0.05, 0) is 25.5 Å². The number of aromatic nitrogens is 2. The maximum absolute atomic E-state index is 11.7. The van der Waals surface area contributed by atoms with Crippen LogP contribution in [-0.4, -0.2) is 26.7 Å². The summed E-state index contributed by atoms with van der Waals surface area (Å²) in [5.74, 6) is -0.438. The molecule has 6 nitrogen and oxygen atoms in total. The number of primary amides is 1. The highest BCUT2D eigenvalue weighted by atomic mass is 32.2. The van der Waals surface area contributed by atoms with Crippen molar-refractivity contribution in [2.45, 2.75) is 24.3 Å².